The number of anilines is 1. The van der Waals surface area contributed by atoms with Gasteiger partial charge < -0.3 is 14.8 Å². The van der Waals surface area contributed by atoms with Crippen molar-refractivity contribution in [1.82, 2.24) is 0 Å². The molecule has 0 aromatic heterocycles. The fraction of sp³-hybridized carbons (Fsp3) is 0.316. The number of methoxy groups -OCH3 is 1. The number of ether oxygens (including phenoxy) is 2. The number of hydrogen-bond acceptors (Lipinski definition) is 5. The van der Waals surface area contributed by atoms with Crippen LogP contribution < -0.4 is 14.8 Å². The number of para-hydroxylation sites is 1. The molecule has 0 saturated heterocycles. The van der Waals surface area contributed by atoms with Crippen LogP contribution in [0.5, 0.6) is 11.5 Å². The van der Waals surface area contributed by atoms with E-state index in [1.165, 1.54) is 25.3 Å². The third-order valence-corrected chi connectivity index (χ3v) is 3.87. The van der Waals surface area contributed by atoms with Crippen molar-refractivity contribution in [3.05, 3.63) is 57.6 Å². The summed E-state index contributed by atoms with van der Waals surface area (Å²) in [5.41, 5.74) is 2.43. The molecule has 0 aliphatic carbocycles. The van der Waals surface area contributed by atoms with Crippen molar-refractivity contribution in [3.63, 3.8) is 0 Å². The van der Waals surface area contributed by atoms with Gasteiger partial charge in [0.25, 0.3) is 5.69 Å². The minimum absolute atomic E-state index is 0.0955. The average molecular weight is 358 g/mol. The minimum atomic E-state index is -0.515. The van der Waals surface area contributed by atoms with Gasteiger partial charge in [-0.15, -0.1) is 0 Å². The molecule has 0 aliphatic heterocycles. The highest BCUT2D eigenvalue weighted by atomic mass is 16.6. The lowest BCUT2D eigenvalue weighted by molar-refractivity contribution is -0.384. The quantitative estimate of drug-likeness (QED) is 0.437. The summed E-state index contributed by atoms with van der Waals surface area (Å²) in [4.78, 5) is 22.4. The van der Waals surface area contributed by atoms with Crippen LogP contribution in [0.15, 0.2) is 36.4 Å². The Labute approximate surface area is 152 Å². The molecule has 0 atom stereocenters. The van der Waals surface area contributed by atoms with Crippen molar-refractivity contribution in [1.29, 1.82) is 0 Å². The molecule has 0 saturated carbocycles. The van der Waals surface area contributed by atoms with Crippen LogP contribution in [0.3, 0.4) is 0 Å². The summed E-state index contributed by atoms with van der Waals surface area (Å²) < 4.78 is 10.9. The van der Waals surface area contributed by atoms with Crippen molar-refractivity contribution in [2.75, 3.05) is 19.0 Å². The predicted molar refractivity (Wildman–Crippen MR) is 98.9 cm³/mol. The van der Waals surface area contributed by atoms with E-state index in [4.69, 9.17) is 9.47 Å². The average Bonchev–Trinajstić information content (AvgIpc) is 2.60. The van der Waals surface area contributed by atoms with Gasteiger partial charge >= 0.3 is 0 Å². The Morgan fingerprint density at radius 1 is 1.19 bits per heavy atom. The molecule has 1 N–H and O–H groups in total. The summed E-state index contributed by atoms with van der Waals surface area (Å²) >= 11 is 0. The number of aryl methyl sites for hydroxylation is 2. The zero-order valence-electron chi connectivity index (χ0n) is 15.1. The SMILES string of the molecule is COc1cc([N+](=O)[O-])ccc1NC(=O)CCCOc1c(C)cccc1C. The first-order valence-corrected chi connectivity index (χ1v) is 8.23. The Morgan fingerprint density at radius 3 is 2.50 bits per heavy atom. The van der Waals surface area contributed by atoms with Crippen molar-refractivity contribution in [3.8, 4) is 11.5 Å². The molecule has 2 aromatic carbocycles. The van der Waals surface area contributed by atoms with Crippen LogP contribution in [0.2, 0.25) is 0 Å². The van der Waals surface area contributed by atoms with Crippen molar-refractivity contribution in [2.24, 2.45) is 0 Å². The number of hydrogen-bond donors (Lipinski definition) is 1. The van der Waals surface area contributed by atoms with Crippen molar-refractivity contribution < 1.29 is 19.2 Å². The first-order chi connectivity index (χ1) is 12.4. The number of non-ortho nitro benzene ring substituents is 1. The maximum Gasteiger partial charge on any atom is 0.273 e. The van der Waals surface area contributed by atoms with Gasteiger partial charge in [-0.05, 0) is 37.5 Å². The molecule has 0 spiro atoms. The van der Waals surface area contributed by atoms with E-state index >= 15 is 0 Å². The third kappa shape index (κ3) is 4.95. The molecule has 26 heavy (non-hydrogen) atoms. The zero-order valence-corrected chi connectivity index (χ0v) is 15.1. The molecule has 2 rings (SSSR count). The molecule has 0 bridgehead atoms. The molecule has 7 heteroatoms. The van der Waals surface area contributed by atoms with Gasteiger partial charge in [-0.1, -0.05) is 18.2 Å². The fourth-order valence-electron chi connectivity index (χ4n) is 2.54. The molecule has 0 fully saturated rings. The van der Waals surface area contributed by atoms with Gasteiger partial charge in [-0.25, -0.2) is 0 Å². The van der Waals surface area contributed by atoms with Crippen molar-refractivity contribution in [2.45, 2.75) is 26.7 Å². The Kier molecular flexibility index (Phi) is 6.54. The van der Waals surface area contributed by atoms with Gasteiger partial charge in [-0.2, -0.15) is 0 Å². The number of carbonyl (C=O) groups is 1. The molecule has 138 valence electrons. The fourth-order valence-corrected chi connectivity index (χ4v) is 2.54. The van der Waals surface area contributed by atoms with Crippen LogP contribution in [0.25, 0.3) is 0 Å². The normalized spacial score (nSPS) is 10.3. The maximum atomic E-state index is 12.1. The number of nitrogens with one attached hydrogen (secondary N) is 1. The molecule has 0 radical (unpaired) electrons. The summed E-state index contributed by atoms with van der Waals surface area (Å²) in [6.45, 7) is 4.39. The third-order valence-electron chi connectivity index (χ3n) is 3.87. The lowest BCUT2D eigenvalue weighted by Gasteiger charge is -2.12. The number of nitro benzene ring substituents is 1. The van der Waals surface area contributed by atoms with Gasteiger partial charge in [0.15, 0.2) is 0 Å². The Morgan fingerprint density at radius 2 is 1.88 bits per heavy atom. The van der Waals surface area contributed by atoms with Crippen LogP contribution in [0, 0.1) is 24.0 Å². The van der Waals surface area contributed by atoms with E-state index in [2.05, 4.69) is 5.32 Å². The Balaban J connectivity index is 1.86. The van der Waals surface area contributed by atoms with Gasteiger partial charge in [0.1, 0.15) is 11.5 Å². The minimum Gasteiger partial charge on any atom is -0.494 e. The van der Waals surface area contributed by atoms with Crippen LogP contribution >= 0.6 is 0 Å². The van der Waals surface area contributed by atoms with Crippen LogP contribution in [0.1, 0.15) is 24.0 Å². The number of amides is 1. The van der Waals surface area contributed by atoms with E-state index in [0.29, 0.717) is 18.7 Å². The lowest BCUT2D eigenvalue weighted by atomic mass is 10.1. The molecular formula is C19H22N2O5. The number of carbonyl (C=O) groups excluding carboxylic acids is 1. The molecule has 0 heterocycles. The van der Waals surface area contributed by atoms with Gasteiger partial charge in [0.05, 0.1) is 30.4 Å². The lowest BCUT2D eigenvalue weighted by Crippen LogP contribution is -2.13. The molecule has 7 nitrogen and oxygen atoms in total. The monoisotopic (exact) mass is 358 g/mol. The van der Waals surface area contributed by atoms with Crippen molar-refractivity contribution >= 4 is 17.3 Å². The smallest absolute Gasteiger partial charge is 0.273 e. The van der Waals surface area contributed by atoms with E-state index in [1.807, 2.05) is 32.0 Å². The maximum absolute atomic E-state index is 12.1. The summed E-state index contributed by atoms with van der Waals surface area (Å²) in [5.74, 6) is 0.895. The first-order valence-electron chi connectivity index (χ1n) is 8.23. The molecule has 0 aliphatic rings. The van der Waals surface area contributed by atoms with Crippen LogP contribution in [-0.4, -0.2) is 24.5 Å². The number of benzene rings is 2. The van der Waals surface area contributed by atoms with Crippen LogP contribution in [0.4, 0.5) is 11.4 Å². The second-order valence-electron chi connectivity index (χ2n) is 5.86. The summed E-state index contributed by atoms with van der Waals surface area (Å²) in [5, 5.41) is 13.5. The first kappa shape index (κ1) is 19.2. The highest BCUT2D eigenvalue weighted by Gasteiger charge is 2.13. The van der Waals surface area contributed by atoms with E-state index in [-0.39, 0.29) is 23.8 Å². The Hall–Kier alpha value is -3.09. The number of nitrogens with zero attached hydrogens (tertiary/aromatic N) is 1. The van der Waals surface area contributed by atoms with E-state index in [0.717, 1.165) is 16.9 Å². The van der Waals surface area contributed by atoms with Crippen LogP contribution in [-0.2, 0) is 4.79 Å². The zero-order chi connectivity index (χ0) is 19.1. The topological polar surface area (TPSA) is 90.7 Å². The van der Waals surface area contributed by atoms with E-state index in [9.17, 15) is 14.9 Å². The molecular weight excluding hydrogens is 336 g/mol. The highest BCUT2D eigenvalue weighted by Crippen LogP contribution is 2.29. The second kappa shape index (κ2) is 8.84. The van der Waals surface area contributed by atoms with Gasteiger partial charge in [0.2, 0.25) is 5.91 Å². The second-order valence-corrected chi connectivity index (χ2v) is 5.86. The highest BCUT2D eigenvalue weighted by molar-refractivity contribution is 5.92. The molecule has 2 aromatic rings. The Bertz CT molecular complexity index is 784. The van der Waals surface area contributed by atoms with E-state index in [1.54, 1.807) is 0 Å². The van der Waals surface area contributed by atoms with Gasteiger partial charge in [-0.3, -0.25) is 14.9 Å². The predicted octanol–water partition coefficient (Wildman–Crippen LogP) is 4.02. The summed E-state index contributed by atoms with van der Waals surface area (Å²) in [7, 11) is 1.40. The standard InChI is InChI=1S/C19H22N2O5/c1-13-6-4-7-14(2)19(13)26-11-5-8-18(22)20-16-10-9-15(21(23)24)12-17(16)25-3/h4,6-7,9-10,12H,5,8,11H2,1-3H3,(H,20,22). The summed E-state index contributed by atoms with van der Waals surface area (Å²) in [6, 6.07) is 10.00. The van der Waals surface area contributed by atoms with Gasteiger partial charge in [0, 0.05) is 12.5 Å². The van der Waals surface area contributed by atoms with E-state index < -0.39 is 4.92 Å². The number of rotatable bonds is 8. The molecule has 0 unspecified atom stereocenters. The molecule has 1 amide bonds. The largest absolute Gasteiger partial charge is 0.494 e. The number of nitro groups is 1. The summed E-state index contributed by atoms with van der Waals surface area (Å²) in [6.07, 6.45) is 0.819.